The third-order valence-electron chi connectivity index (χ3n) is 1.73. The molecule has 0 radical (unpaired) electrons. The summed E-state index contributed by atoms with van der Waals surface area (Å²) in [5.41, 5.74) is 1.83. The number of halogens is 1. The van der Waals surface area contributed by atoms with Crippen molar-refractivity contribution in [3.8, 4) is 0 Å². The molecule has 0 bridgehead atoms. The summed E-state index contributed by atoms with van der Waals surface area (Å²) >= 11 is 3.26. The Balaban J connectivity index is 3.14. The predicted molar refractivity (Wildman–Crippen MR) is 51.8 cm³/mol. The second-order valence-electron chi connectivity index (χ2n) is 2.66. The summed E-state index contributed by atoms with van der Waals surface area (Å²) in [5, 5.41) is 4.89. The van der Waals surface area contributed by atoms with Crippen molar-refractivity contribution in [1.82, 2.24) is 9.78 Å². The largest absolute Gasteiger partial charge is 0.268 e. The van der Waals surface area contributed by atoms with Crippen molar-refractivity contribution < 1.29 is 0 Å². The van der Waals surface area contributed by atoms with Crippen LogP contribution in [-0.2, 0) is 6.54 Å². The molecule has 1 aromatic heterocycles. The summed E-state index contributed by atoms with van der Waals surface area (Å²) in [6.07, 6.45) is 0. The van der Waals surface area contributed by atoms with Crippen molar-refractivity contribution in [1.29, 1.82) is 0 Å². The Kier molecular flexibility index (Phi) is 3.03. The zero-order valence-electron chi connectivity index (χ0n) is 7.17. The van der Waals surface area contributed by atoms with Crippen molar-refractivity contribution in [2.75, 3.05) is 5.33 Å². The highest BCUT2D eigenvalue weighted by Crippen LogP contribution is 1.97. The fraction of sp³-hybridized carbons (Fsp3) is 0.500. The van der Waals surface area contributed by atoms with Crippen LogP contribution < -0.4 is 5.56 Å². The van der Waals surface area contributed by atoms with Crippen molar-refractivity contribution >= 4 is 15.9 Å². The summed E-state index contributed by atoms with van der Waals surface area (Å²) in [6, 6.07) is 1.62. The molecule has 0 unspecified atom stereocenters. The maximum atomic E-state index is 11.3. The van der Waals surface area contributed by atoms with Crippen molar-refractivity contribution in [2.24, 2.45) is 0 Å². The molecule has 0 saturated heterocycles. The van der Waals surface area contributed by atoms with Gasteiger partial charge in [-0.05, 0) is 19.4 Å². The first-order chi connectivity index (χ1) is 5.65. The van der Waals surface area contributed by atoms with Crippen LogP contribution in [0.2, 0.25) is 0 Å². The quantitative estimate of drug-likeness (QED) is 0.718. The molecule has 4 heteroatoms. The number of rotatable bonds is 2. The molecule has 0 aromatic carbocycles. The van der Waals surface area contributed by atoms with Gasteiger partial charge in [0, 0.05) is 11.4 Å². The molecule has 1 aromatic rings. The lowest BCUT2D eigenvalue weighted by Crippen LogP contribution is -2.24. The molecule has 0 N–H and O–H groups in total. The number of aryl methyl sites for hydroxylation is 3. The van der Waals surface area contributed by atoms with E-state index in [0.29, 0.717) is 6.54 Å². The lowest BCUT2D eigenvalue weighted by atomic mass is 10.2. The first-order valence-electron chi connectivity index (χ1n) is 3.76. The van der Waals surface area contributed by atoms with Gasteiger partial charge in [0.25, 0.3) is 5.56 Å². The molecule has 1 rings (SSSR count). The lowest BCUT2D eigenvalue weighted by molar-refractivity contribution is 0.610. The van der Waals surface area contributed by atoms with E-state index in [1.54, 1.807) is 6.07 Å². The lowest BCUT2D eigenvalue weighted by Gasteiger charge is -2.04. The summed E-state index contributed by atoms with van der Waals surface area (Å²) in [4.78, 5) is 11.3. The molecule has 3 nitrogen and oxygen atoms in total. The van der Waals surface area contributed by atoms with E-state index >= 15 is 0 Å². The van der Waals surface area contributed by atoms with E-state index in [0.717, 1.165) is 16.6 Å². The molecule has 12 heavy (non-hydrogen) atoms. The van der Waals surface area contributed by atoms with Crippen LogP contribution in [0.3, 0.4) is 0 Å². The van der Waals surface area contributed by atoms with Crippen LogP contribution in [0.15, 0.2) is 10.9 Å². The number of aromatic nitrogens is 2. The zero-order chi connectivity index (χ0) is 9.14. The van der Waals surface area contributed by atoms with Crippen LogP contribution in [0.1, 0.15) is 11.3 Å². The van der Waals surface area contributed by atoms with Gasteiger partial charge in [0.2, 0.25) is 0 Å². The topological polar surface area (TPSA) is 34.9 Å². The molecule has 1 heterocycles. The molecule has 0 spiro atoms. The molecule has 0 atom stereocenters. The Labute approximate surface area is 79.5 Å². The summed E-state index contributed by atoms with van der Waals surface area (Å²) in [5.74, 6) is 0. The second kappa shape index (κ2) is 3.85. The molecule has 0 aliphatic rings. The van der Waals surface area contributed by atoms with E-state index < -0.39 is 0 Å². The minimum atomic E-state index is -0.0300. The van der Waals surface area contributed by atoms with Gasteiger partial charge in [0.05, 0.1) is 12.2 Å². The highest BCUT2D eigenvalue weighted by Gasteiger charge is 1.99. The van der Waals surface area contributed by atoms with Crippen LogP contribution in [0.4, 0.5) is 0 Å². The van der Waals surface area contributed by atoms with E-state index in [9.17, 15) is 4.79 Å². The number of hydrogen-bond acceptors (Lipinski definition) is 2. The number of alkyl halides is 1. The van der Waals surface area contributed by atoms with Crippen LogP contribution in [-0.4, -0.2) is 15.1 Å². The molecule has 0 fully saturated rings. The van der Waals surface area contributed by atoms with Gasteiger partial charge in [-0.1, -0.05) is 15.9 Å². The third-order valence-corrected chi connectivity index (χ3v) is 2.09. The minimum absolute atomic E-state index is 0.0300. The maximum Gasteiger partial charge on any atom is 0.267 e. The van der Waals surface area contributed by atoms with E-state index in [1.165, 1.54) is 4.68 Å². The summed E-state index contributed by atoms with van der Waals surface area (Å²) < 4.78 is 1.47. The Morgan fingerprint density at radius 3 is 2.83 bits per heavy atom. The van der Waals surface area contributed by atoms with Gasteiger partial charge in [0.15, 0.2) is 0 Å². The van der Waals surface area contributed by atoms with Gasteiger partial charge in [-0.15, -0.1) is 0 Å². The van der Waals surface area contributed by atoms with E-state index in [-0.39, 0.29) is 5.56 Å². The number of nitrogens with zero attached hydrogens (tertiary/aromatic N) is 2. The Hall–Kier alpha value is -0.640. The smallest absolute Gasteiger partial charge is 0.267 e. The Morgan fingerprint density at radius 2 is 2.25 bits per heavy atom. The van der Waals surface area contributed by atoms with Crippen LogP contribution >= 0.6 is 15.9 Å². The average molecular weight is 231 g/mol. The van der Waals surface area contributed by atoms with Gasteiger partial charge < -0.3 is 0 Å². The average Bonchev–Trinajstić information content (AvgIpc) is 2.01. The Morgan fingerprint density at radius 1 is 1.58 bits per heavy atom. The standard InChI is InChI=1S/C8H11BrN2O/c1-6-5-8(12)11(4-3-9)10-7(6)2/h5H,3-4H2,1-2H3. The van der Waals surface area contributed by atoms with Crippen LogP contribution in [0, 0.1) is 13.8 Å². The third kappa shape index (κ3) is 1.94. The zero-order valence-corrected chi connectivity index (χ0v) is 8.76. The van der Waals surface area contributed by atoms with Gasteiger partial charge in [-0.3, -0.25) is 4.79 Å². The van der Waals surface area contributed by atoms with Crippen LogP contribution in [0.25, 0.3) is 0 Å². The molecule has 0 aliphatic heterocycles. The van der Waals surface area contributed by atoms with Gasteiger partial charge in [-0.25, -0.2) is 4.68 Å². The summed E-state index contributed by atoms with van der Waals surface area (Å²) in [7, 11) is 0. The highest BCUT2D eigenvalue weighted by atomic mass is 79.9. The second-order valence-corrected chi connectivity index (χ2v) is 3.46. The number of hydrogen-bond donors (Lipinski definition) is 0. The van der Waals surface area contributed by atoms with Gasteiger partial charge in [-0.2, -0.15) is 5.10 Å². The molecular formula is C8H11BrN2O. The fourth-order valence-corrected chi connectivity index (χ4v) is 1.25. The monoisotopic (exact) mass is 230 g/mol. The van der Waals surface area contributed by atoms with Crippen molar-refractivity contribution in [2.45, 2.75) is 20.4 Å². The molecule has 0 amide bonds. The molecule has 0 saturated carbocycles. The first kappa shape index (κ1) is 9.45. The van der Waals surface area contributed by atoms with E-state index in [2.05, 4.69) is 21.0 Å². The van der Waals surface area contributed by atoms with Gasteiger partial charge >= 0.3 is 0 Å². The minimum Gasteiger partial charge on any atom is -0.268 e. The van der Waals surface area contributed by atoms with E-state index in [1.807, 2.05) is 13.8 Å². The highest BCUT2D eigenvalue weighted by molar-refractivity contribution is 9.09. The fourth-order valence-electron chi connectivity index (χ4n) is 0.914. The van der Waals surface area contributed by atoms with Gasteiger partial charge in [0.1, 0.15) is 0 Å². The van der Waals surface area contributed by atoms with Crippen molar-refractivity contribution in [3.05, 3.63) is 27.7 Å². The summed E-state index contributed by atoms with van der Waals surface area (Å²) in [6.45, 7) is 4.42. The molecular weight excluding hydrogens is 220 g/mol. The van der Waals surface area contributed by atoms with E-state index in [4.69, 9.17) is 0 Å². The first-order valence-corrected chi connectivity index (χ1v) is 4.88. The Bertz CT molecular complexity index is 332. The van der Waals surface area contributed by atoms with Crippen LogP contribution in [0.5, 0.6) is 0 Å². The molecule has 0 aliphatic carbocycles. The normalized spacial score (nSPS) is 10.2. The predicted octanol–water partition coefficient (Wildman–Crippen LogP) is 1.26. The maximum absolute atomic E-state index is 11.3. The SMILES string of the molecule is Cc1cc(=O)n(CCBr)nc1C. The van der Waals surface area contributed by atoms with Crippen molar-refractivity contribution in [3.63, 3.8) is 0 Å². The molecule has 66 valence electrons.